The van der Waals surface area contributed by atoms with Crippen molar-refractivity contribution in [1.82, 2.24) is 0 Å². The van der Waals surface area contributed by atoms with E-state index in [0.717, 1.165) is 50.0 Å². The Morgan fingerprint density at radius 3 is 2.86 bits per heavy atom. The topological polar surface area (TPSA) is 78.8 Å². The van der Waals surface area contributed by atoms with Gasteiger partial charge in [-0.05, 0) is 116 Å². The average Bonchev–Trinajstić information content (AvgIpc) is 3.53. The van der Waals surface area contributed by atoms with Crippen molar-refractivity contribution in [3.8, 4) is 0 Å². The highest BCUT2D eigenvalue weighted by Crippen LogP contribution is 2.88. The lowest BCUT2D eigenvalue weighted by molar-refractivity contribution is -0.194. The molecule has 7 heteroatoms. The van der Waals surface area contributed by atoms with Crippen LogP contribution >= 0.6 is 21.6 Å². The number of anilines is 1. The number of ketones is 1. The van der Waals surface area contributed by atoms with Crippen LogP contribution in [0.5, 0.6) is 0 Å². The summed E-state index contributed by atoms with van der Waals surface area (Å²) in [5, 5.41) is 28.1. The first kappa shape index (κ1) is 28.3. The molecule has 1 aromatic rings. The highest BCUT2D eigenvalue weighted by atomic mass is 33.1. The second kappa shape index (κ2) is 9.53. The van der Waals surface area contributed by atoms with E-state index in [0.29, 0.717) is 35.3 Å². The molecule has 0 amide bonds. The first-order valence-corrected chi connectivity index (χ1v) is 19.4. The zero-order chi connectivity index (χ0) is 29.4. The Morgan fingerprint density at radius 2 is 2.00 bits per heavy atom. The van der Waals surface area contributed by atoms with Gasteiger partial charge in [0.1, 0.15) is 11.4 Å². The minimum atomic E-state index is -1.06. The van der Waals surface area contributed by atoms with Gasteiger partial charge in [0, 0.05) is 35.6 Å². The Balaban J connectivity index is 1.15. The van der Waals surface area contributed by atoms with Gasteiger partial charge in [-0.3, -0.25) is 4.79 Å². The fraction of sp³-hybridized carbons (Fsp3) is 0.750. The third-order valence-electron chi connectivity index (χ3n) is 15.0. The quantitative estimate of drug-likeness (QED) is 0.251. The van der Waals surface area contributed by atoms with E-state index in [4.69, 9.17) is 4.74 Å². The molecule has 1 aromatic carbocycles. The van der Waals surface area contributed by atoms with Gasteiger partial charge in [-0.1, -0.05) is 52.8 Å². The predicted molar refractivity (Wildman–Crippen MR) is 173 cm³/mol. The van der Waals surface area contributed by atoms with Crippen molar-refractivity contribution in [2.45, 2.75) is 100 Å². The van der Waals surface area contributed by atoms with Gasteiger partial charge >= 0.3 is 0 Å². The highest BCUT2D eigenvalue weighted by molar-refractivity contribution is 8.77. The van der Waals surface area contributed by atoms with Crippen LogP contribution in [0.4, 0.5) is 5.69 Å². The molecule has 7 aliphatic carbocycles. The van der Waals surface area contributed by atoms with E-state index in [-0.39, 0.29) is 52.1 Å². The minimum Gasteiger partial charge on any atom is -0.391 e. The first-order chi connectivity index (χ1) is 20.8. The number of hydrogen-bond donors (Lipinski definition) is 3. The van der Waals surface area contributed by atoms with Crippen molar-refractivity contribution >= 4 is 33.1 Å². The largest absolute Gasteiger partial charge is 0.391 e. The zero-order valence-electron chi connectivity index (χ0n) is 25.5. The molecule has 8 aliphatic rings. The fourth-order valence-electron chi connectivity index (χ4n) is 13.7. The number of hydrogen-bond acceptors (Lipinski definition) is 7. The smallest absolute Gasteiger partial charge is 0.141 e. The van der Waals surface area contributed by atoms with E-state index in [1.54, 1.807) is 7.11 Å². The van der Waals surface area contributed by atoms with Crippen molar-refractivity contribution in [3.63, 3.8) is 0 Å². The van der Waals surface area contributed by atoms with Crippen LogP contribution in [-0.2, 0) is 16.0 Å². The van der Waals surface area contributed by atoms with E-state index in [9.17, 15) is 15.0 Å². The summed E-state index contributed by atoms with van der Waals surface area (Å²) in [6.07, 6.45) is 14.5. The predicted octanol–water partition coefficient (Wildman–Crippen LogP) is 6.29. The standard InChI is InChI=1S/C36H47NO4S2/c1-33-30-21-11-13-34(33)17-22-19-42-43-28-10-4-9-26(38)32(28)37-23-7-3-6-20(14-23)15-24(22)25(34)8-5-12-35(33,18-21)36(40)29(41-2)16-27(39)31(30)36/h3,5-8,14,21-22,24-26,28-32,37-38,40H,4,9-13,15-19H2,1-2H3. The van der Waals surface area contributed by atoms with Gasteiger partial charge in [-0.2, -0.15) is 0 Å². The number of fused-ring (bicyclic) bond motifs is 6. The molecule has 1 heterocycles. The van der Waals surface area contributed by atoms with E-state index in [1.807, 2.05) is 10.8 Å². The third-order valence-corrected chi connectivity index (χ3v) is 18.1. The van der Waals surface area contributed by atoms with E-state index >= 15 is 0 Å². The minimum absolute atomic E-state index is 0.0793. The molecule has 3 N–H and O–H groups in total. The van der Waals surface area contributed by atoms with Crippen molar-refractivity contribution in [3.05, 3.63) is 42.0 Å². The highest BCUT2D eigenvalue weighted by Gasteiger charge is 2.89. The van der Waals surface area contributed by atoms with Gasteiger partial charge in [0.2, 0.25) is 0 Å². The molecule has 0 saturated heterocycles. The molecule has 5 nitrogen and oxygen atoms in total. The van der Waals surface area contributed by atoms with Crippen LogP contribution in [0.2, 0.25) is 0 Å². The van der Waals surface area contributed by atoms with Crippen molar-refractivity contribution < 1.29 is 19.7 Å². The number of carbonyl (C=O) groups excluding carboxylic acids is 1. The van der Waals surface area contributed by atoms with Gasteiger partial charge < -0.3 is 20.3 Å². The van der Waals surface area contributed by atoms with Gasteiger partial charge in [0.25, 0.3) is 0 Å². The normalized spacial score (nSPS) is 54.4. The van der Waals surface area contributed by atoms with Crippen LogP contribution in [0.3, 0.4) is 0 Å². The number of rotatable bonds is 1. The summed E-state index contributed by atoms with van der Waals surface area (Å²) in [7, 11) is 5.78. The summed E-state index contributed by atoms with van der Waals surface area (Å²) in [6.45, 7) is 2.56. The number of aliphatic hydroxyl groups excluding tert-OH is 1. The summed E-state index contributed by atoms with van der Waals surface area (Å²) in [5.74, 6) is 3.52. The van der Waals surface area contributed by atoms with Crippen LogP contribution < -0.4 is 5.32 Å². The molecule has 6 fully saturated rings. The SMILES string of the molecule is COC1CC(=O)C2C3C4CCC56CC7CSSC8CCCC(O)C8Nc8cccc(c8)CC7C5C=CCC(C4)(C12O)C36C. The zero-order valence-corrected chi connectivity index (χ0v) is 27.2. The molecular weight excluding hydrogens is 575 g/mol. The second-order valence-corrected chi connectivity index (χ2v) is 18.6. The molecule has 6 bridgehead atoms. The molecular formula is C36H47NO4S2. The van der Waals surface area contributed by atoms with Crippen molar-refractivity contribution in [1.29, 1.82) is 0 Å². The summed E-state index contributed by atoms with van der Waals surface area (Å²) in [5.41, 5.74) is 1.19. The van der Waals surface area contributed by atoms with Gasteiger partial charge in [0.05, 0.1) is 24.2 Å². The monoisotopic (exact) mass is 621 g/mol. The van der Waals surface area contributed by atoms with Crippen LogP contribution in [0.25, 0.3) is 0 Å². The molecule has 0 radical (unpaired) electrons. The number of carbonyl (C=O) groups is 1. The maximum Gasteiger partial charge on any atom is 0.141 e. The number of aliphatic hydroxyl groups is 2. The van der Waals surface area contributed by atoms with Crippen molar-refractivity contribution in [2.75, 3.05) is 18.2 Å². The molecule has 6 saturated carbocycles. The second-order valence-electron chi connectivity index (χ2n) is 15.9. The molecule has 43 heavy (non-hydrogen) atoms. The summed E-state index contributed by atoms with van der Waals surface area (Å²) < 4.78 is 6.01. The number of Topliss-reactive ketones (excluding diaryl/α,β-unsaturated/α-hetero) is 1. The number of nitrogens with one attached hydrogen (secondary N) is 1. The summed E-state index contributed by atoms with van der Waals surface area (Å²) in [6, 6.07) is 9.13. The molecule has 14 unspecified atom stereocenters. The van der Waals surface area contributed by atoms with E-state index in [1.165, 1.54) is 24.8 Å². The molecule has 232 valence electrons. The fourth-order valence-corrected chi connectivity index (χ4v) is 17.0. The number of benzene rings is 1. The van der Waals surface area contributed by atoms with Crippen LogP contribution in [-0.4, -0.2) is 58.0 Å². The average molecular weight is 622 g/mol. The van der Waals surface area contributed by atoms with Gasteiger partial charge in [-0.25, -0.2) is 0 Å². The van der Waals surface area contributed by atoms with Gasteiger partial charge in [-0.15, -0.1) is 0 Å². The molecule has 1 aliphatic heterocycles. The Labute approximate surface area is 264 Å². The third kappa shape index (κ3) is 3.32. The number of methoxy groups -OCH3 is 1. The lowest BCUT2D eigenvalue weighted by Crippen LogP contribution is -2.60. The summed E-state index contributed by atoms with van der Waals surface area (Å²) >= 11 is 0. The molecule has 9 rings (SSSR count). The Hall–Kier alpha value is -0.990. The number of ether oxygens (including phenoxy) is 1. The lowest BCUT2D eigenvalue weighted by Gasteiger charge is -2.59. The molecule has 0 aromatic heterocycles. The Kier molecular flexibility index (Phi) is 6.26. The van der Waals surface area contributed by atoms with Crippen LogP contribution in [0.1, 0.15) is 70.3 Å². The molecule has 1 spiro atoms. The molecule has 14 atom stereocenters. The Morgan fingerprint density at radius 1 is 1.12 bits per heavy atom. The first-order valence-electron chi connectivity index (χ1n) is 17.0. The van der Waals surface area contributed by atoms with E-state index in [2.05, 4.69) is 59.5 Å². The summed E-state index contributed by atoms with van der Waals surface area (Å²) in [4.78, 5) is 13.8. The van der Waals surface area contributed by atoms with Crippen LogP contribution in [0, 0.1) is 51.8 Å². The van der Waals surface area contributed by atoms with Gasteiger partial charge in [0.15, 0.2) is 0 Å². The van der Waals surface area contributed by atoms with E-state index < -0.39 is 5.60 Å². The van der Waals surface area contributed by atoms with Crippen molar-refractivity contribution in [2.24, 2.45) is 51.8 Å². The lowest BCUT2D eigenvalue weighted by atomic mass is 9.45. The maximum absolute atomic E-state index is 13.8. The maximum atomic E-state index is 13.8. The van der Waals surface area contributed by atoms with Crippen LogP contribution in [0.15, 0.2) is 36.4 Å². The number of allylic oxidation sites excluding steroid dienone is 2. The Bertz CT molecular complexity index is 1370.